The van der Waals surface area contributed by atoms with E-state index in [1.807, 2.05) is 66.7 Å². The summed E-state index contributed by atoms with van der Waals surface area (Å²) in [4.78, 5) is 21.5. The van der Waals surface area contributed by atoms with Gasteiger partial charge >= 0.3 is 0 Å². The van der Waals surface area contributed by atoms with Crippen LogP contribution >= 0.6 is 0 Å². The molecule has 0 atom stereocenters. The molecular formula is C21H15N3O. The summed E-state index contributed by atoms with van der Waals surface area (Å²) in [7, 11) is 0. The summed E-state index contributed by atoms with van der Waals surface area (Å²) in [5.74, 6) is 0.351. The summed E-state index contributed by atoms with van der Waals surface area (Å²) < 4.78 is 0. The lowest BCUT2D eigenvalue weighted by molar-refractivity contribution is 0.102. The number of hydrogen-bond acceptors (Lipinski definition) is 3. The van der Waals surface area contributed by atoms with Crippen molar-refractivity contribution in [3.8, 4) is 11.4 Å². The normalized spacial score (nSPS) is 10.6. The van der Waals surface area contributed by atoms with Crippen molar-refractivity contribution >= 4 is 22.5 Å². The maximum atomic E-state index is 12.5. The highest BCUT2D eigenvalue weighted by atomic mass is 16.1. The first-order valence-electron chi connectivity index (χ1n) is 7.99. The monoisotopic (exact) mass is 325 g/mol. The summed E-state index contributed by atoms with van der Waals surface area (Å²) >= 11 is 0. The molecule has 0 spiro atoms. The summed E-state index contributed by atoms with van der Waals surface area (Å²) in [5.41, 5.74) is 2.09. The van der Waals surface area contributed by atoms with Crippen LogP contribution in [0.2, 0.25) is 0 Å². The van der Waals surface area contributed by atoms with Crippen molar-refractivity contribution in [3.05, 3.63) is 90.6 Å². The Bertz CT molecular complexity index is 1030. The second-order valence-corrected chi connectivity index (χ2v) is 5.61. The third kappa shape index (κ3) is 3.10. The van der Waals surface area contributed by atoms with Gasteiger partial charge in [-0.05, 0) is 35.7 Å². The molecule has 4 heteroatoms. The van der Waals surface area contributed by atoms with Crippen molar-refractivity contribution < 1.29 is 4.79 Å². The quantitative estimate of drug-likeness (QED) is 0.601. The predicted octanol–water partition coefficient (Wildman–Crippen LogP) is 4.55. The zero-order valence-electron chi connectivity index (χ0n) is 13.4. The second kappa shape index (κ2) is 6.53. The van der Waals surface area contributed by atoms with Crippen molar-refractivity contribution in [2.75, 3.05) is 5.32 Å². The average Bonchev–Trinajstić information content (AvgIpc) is 2.69. The van der Waals surface area contributed by atoms with Gasteiger partial charge in [0, 0.05) is 17.1 Å². The van der Waals surface area contributed by atoms with Crippen LogP contribution in [0.3, 0.4) is 0 Å². The van der Waals surface area contributed by atoms with Crippen molar-refractivity contribution in [2.24, 2.45) is 0 Å². The lowest BCUT2D eigenvalue weighted by Crippen LogP contribution is -2.13. The van der Waals surface area contributed by atoms with E-state index in [4.69, 9.17) is 0 Å². The number of amides is 1. The lowest BCUT2D eigenvalue weighted by Gasteiger charge is -2.10. The maximum absolute atomic E-state index is 12.5. The molecule has 4 rings (SSSR count). The maximum Gasteiger partial charge on any atom is 0.256 e. The van der Waals surface area contributed by atoms with Crippen LogP contribution in [0.15, 0.2) is 85.1 Å². The molecule has 0 saturated carbocycles. The van der Waals surface area contributed by atoms with Crippen molar-refractivity contribution in [1.29, 1.82) is 0 Å². The average molecular weight is 325 g/mol. The van der Waals surface area contributed by atoms with Crippen LogP contribution in [0.5, 0.6) is 0 Å². The van der Waals surface area contributed by atoms with Crippen LogP contribution in [0, 0.1) is 0 Å². The highest BCUT2D eigenvalue weighted by Crippen LogP contribution is 2.27. The minimum atomic E-state index is -0.184. The number of anilines is 1. The van der Waals surface area contributed by atoms with Crippen LogP contribution in [-0.2, 0) is 0 Å². The number of rotatable bonds is 3. The SMILES string of the molecule is O=C(Nc1nc(-c2ccccn2)cc2ccccc12)c1ccccc1. The Hall–Kier alpha value is -3.53. The largest absolute Gasteiger partial charge is 0.306 e. The number of hydrogen-bond donors (Lipinski definition) is 1. The molecule has 0 saturated heterocycles. The number of benzene rings is 2. The number of nitrogens with zero attached hydrogens (tertiary/aromatic N) is 2. The summed E-state index contributed by atoms with van der Waals surface area (Å²) in [6, 6.07) is 24.6. The molecule has 0 bridgehead atoms. The molecule has 0 radical (unpaired) electrons. The molecular weight excluding hydrogens is 310 g/mol. The van der Waals surface area contributed by atoms with E-state index in [9.17, 15) is 4.79 Å². The van der Waals surface area contributed by atoms with Gasteiger partial charge in [-0.25, -0.2) is 4.98 Å². The van der Waals surface area contributed by atoms with Crippen LogP contribution in [0.25, 0.3) is 22.2 Å². The minimum Gasteiger partial charge on any atom is -0.306 e. The van der Waals surface area contributed by atoms with E-state index in [-0.39, 0.29) is 5.91 Å². The first-order valence-corrected chi connectivity index (χ1v) is 7.99. The lowest BCUT2D eigenvalue weighted by atomic mass is 10.1. The summed E-state index contributed by atoms with van der Waals surface area (Å²) in [6.07, 6.45) is 1.73. The first-order chi connectivity index (χ1) is 12.3. The fourth-order valence-electron chi connectivity index (χ4n) is 2.71. The van der Waals surface area contributed by atoms with Gasteiger partial charge in [0.25, 0.3) is 5.91 Å². The summed E-state index contributed by atoms with van der Waals surface area (Å²) in [5, 5.41) is 4.83. The Morgan fingerprint density at radius 2 is 1.56 bits per heavy atom. The Balaban J connectivity index is 1.80. The fourth-order valence-corrected chi connectivity index (χ4v) is 2.71. The molecule has 0 fully saturated rings. The van der Waals surface area contributed by atoms with E-state index >= 15 is 0 Å². The zero-order valence-corrected chi connectivity index (χ0v) is 13.4. The molecule has 2 heterocycles. The number of carbonyl (C=O) groups excluding carboxylic acids is 1. The van der Waals surface area contributed by atoms with Gasteiger partial charge in [0.15, 0.2) is 0 Å². The second-order valence-electron chi connectivity index (χ2n) is 5.61. The predicted molar refractivity (Wildman–Crippen MR) is 99.4 cm³/mol. The molecule has 4 aromatic rings. The van der Waals surface area contributed by atoms with Gasteiger partial charge in [-0.2, -0.15) is 0 Å². The molecule has 0 aliphatic heterocycles. The van der Waals surface area contributed by atoms with Gasteiger partial charge in [0.2, 0.25) is 0 Å². The van der Waals surface area contributed by atoms with E-state index in [0.29, 0.717) is 11.4 Å². The van der Waals surface area contributed by atoms with Crippen LogP contribution in [-0.4, -0.2) is 15.9 Å². The number of nitrogens with one attached hydrogen (secondary N) is 1. The van der Waals surface area contributed by atoms with Crippen molar-refractivity contribution in [1.82, 2.24) is 9.97 Å². The highest BCUT2D eigenvalue weighted by Gasteiger charge is 2.12. The molecule has 0 aliphatic carbocycles. The van der Waals surface area contributed by atoms with E-state index < -0.39 is 0 Å². The van der Waals surface area contributed by atoms with Crippen LogP contribution in [0.1, 0.15) is 10.4 Å². The highest BCUT2D eigenvalue weighted by molar-refractivity contribution is 6.08. The number of aromatic nitrogens is 2. The third-order valence-corrected chi connectivity index (χ3v) is 3.94. The Kier molecular flexibility index (Phi) is 3.92. The molecule has 1 amide bonds. The van der Waals surface area contributed by atoms with Crippen molar-refractivity contribution in [3.63, 3.8) is 0 Å². The van der Waals surface area contributed by atoms with E-state index in [0.717, 1.165) is 22.2 Å². The van der Waals surface area contributed by atoms with Crippen LogP contribution in [0.4, 0.5) is 5.82 Å². The van der Waals surface area contributed by atoms with Gasteiger partial charge in [-0.1, -0.05) is 48.5 Å². The van der Waals surface area contributed by atoms with Gasteiger partial charge in [0.1, 0.15) is 5.82 Å². The van der Waals surface area contributed by atoms with Gasteiger partial charge < -0.3 is 5.32 Å². The van der Waals surface area contributed by atoms with E-state index in [1.165, 1.54) is 0 Å². The third-order valence-electron chi connectivity index (χ3n) is 3.94. The Labute approximate surface area is 145 Å². The molecule has 0 unspecified atom stereocenters. The molecule has 25 heavy (non-hydrogen) atoms. The molecule has 2 aromatic carbocycles. The van der Waals surface area contributed by atoms with Gasteiger partial charge in [-0.15, -0.1) is 0 Å². The van der Waals surface area contributed by atoms with E-state index in [1.54, 1.807) is 18.3 Å². The summed E-state index contributed by atoms with van der Waals surface area (Å²) in [6.45, 7) is 0. The Morgan fingerprint density at radius 1 is 0.800 bits per heavy atom. The van der Waals surface area contributed by atoms with Crippen molar-refractivity contribution in [2.45, 2.75) is 0 Å². The molecule has 2 aromatic heterocycles. The molecule has 120 valence electrons. The zero-order chi connectivity index (χ0) is 17.1. The van der Waals surface area contributed by atoms with Gasteiger partial charge in [0.05, 0.1) is 11.4 Å². The molecule has 0 aliphatic rings. The molecule has 1 N–H and O–H groups in total. The van der Waals surface area contributed by atoms with Gasteiger partial charge in [-0.3, -0.25) is 9.78 Å². The topological polar surface area (TPSA) is 54.9 Å². The minimum absolute atomic E-state index is 0.184. The first kappa shape index (κ1) is 15.0. The Morgan fingerprint density at radius 3 is 2.36 bits per heavy atom. The number of fused-ring (bicyclic) bond motifs is 1. The standard InChI is InChI=1S/C21H15N3O/c25-21(15-8-2-1-3-9-15)24-20-17-11-5-4-10-16(17)14-19(23-20)18-12-6-7-13-22-18/h1-14H,(H,23,24,25). The molecule has 4 nitrogen and oxygen atoms in total. The smallest absolute Gasteiger partial charge is 0.256 e. The van der Waals surface area contributed by atoms with E-state index in [2.05, 4.69) is 15.3 Å². The fraction of sp³-hybridized carbons (Fsp3) is 0. The van der Waals surface area contributed by atoms with Crippen LogP contribution < -0.4 is 5.32 Å². The number of carbonyl (C=O) groups is 1. The number of pyridine rings is 2.